The van der Waals surface area contributed by atoms with Gasteiger partial charge < -0.3 is 4.90 Å². The zero-order valence-corrected chi connectivity index (χ0v) is 10.6. The molecule has 1 amide bonds. The molecule has 3 rings (SSSR count). The Morgan fingerprint density at radius 3 is 2.44 bits per heavy atom. The summed E-state index contributed by atoms with van der Waals surface area (Å²) < 4.78 is 12.8. The highest BCUT2D eigenvalue weighted by atomic mass is 19.1. The number of fused-ring (bicyclic) bond motifs is 1. The summed E-state index contributed by atoms with van der Waals surface area (Å²) in [4.78, 5) is 14.0. The van der Waals surface area contributed by atoms with E-state index in [1.165, 1.54) is 18.6 Å². The predicted octanol–water partition coefficient (Wildman–Crippen LogP) is 2.83. The number of hydrogen-bond acceptors (Lipinski definition) is 1. The molecule has 18 heavy (non-hydrogen) atoms. The largest absolute Gasteiger partial charge is 0.341 e. The van der Waals surface area contributed by atoms with Crippen LogP contribution in [0.5, 0.6) is 0 Å². The molecule has 2 unspecified atom stereocenters. The normalized spacial score (nSPS) is 28.9. The summed E-state index contributed by atoms with van der Waals surface area (Å²) in [5.41, 5.74) is 0.982. The molecule has 0 heterocycles. The number of carbonyl (C=O) groups is 1. The van der Waals surface area contributed by atoms with Gasteiger partial charge in [0, 0.05) is 19.5 Å². The van der Waals surface area contributed by atoms with Crippen molar-refractivity contribution in [3.8, 4) is 0 Å². The van der Waals surface area contributed by atoms with Crippen LogP contribution in [0.25, 0.3) is 0 Å². The lowest BCUT2D eigenvalue weighted by atomic mass is 10.0. The van der Waals surface area contributed by atoms with E-state index in [-0.39, 0.29) is 17.6 Å². The highest BCUT2D eigenvalue weighted by molar-refractivity contribution is 5.79. The van der Waals surface area contributed by atoms with Crippen molar-refractivity contribution in [3.05, 3.63) is 35.6 Å². The number of halogens is 1. The SMILES string of the molecule is CN(Cc1ccc(F)cc1)C(=O)C1CC2CC2C1. The smallest absolute Gasteiger partial charge is 0.225 e. The van der Waals surface area contributed by atoms with Gasteiger partial charge in [-0.3, -0.25) is 4.79 Å². The zero-order chi connectivity index (χ0) is 12.7. The molecule has 2 fully saturated rings. The van der Waals surface area contributed by atoms with Gasteiger partial charge in [0.1, 0.15) is 5.82 Å². The first-order valence-corrected chi connectivity index (χ1v) is 6.63. The number of carbonyl (C=O) groups excluding carboxylic acids is 1. The molecule has 0 aliphatic heterocycles. The van der Waals surface area contributed by atoms with Crippen LogP contribution in [-0.4, -0.2) is 17.9 Å². The fraction of sp³-hybridized carbons (Fsp3) is 0.533. The van der Waals surface area contributed by atoms with Crippen LogP contribution in [0.4, 0.5) is 4.39 Å². The Morgan fingerprint density at radius 1 is 1.22 bits per heavy atom. The number of hydrogen-bond donors (Lipinski definition) is 0. The van der Waals surface area contributed by atoms with Crippen molar-refractivity contribution in [2.45, 2.75) is 25.8 Å². The second kappa shape index (κ2) is 4.38. The van der Waals surface area contributed by atoms with E-state index in [0.717, 1.165) is 30.2 Å². The second-order valence-electron chi connectivity index (χ2n) is 5.74. The molecule has 0 radical (unpaired) electrons. The maximum atomic E-state index is 12.8. The topological polar surface area (TPSA) is 20.3 Å². The van der Waals surface area contributed by atoms with Gasteiger partial charge in [0.15, 0.2) is 0 Å². The maximum Gasteiger partial charge on any atom is 0.225 e. The van der Waals surface area contributed by atoms with Gasteiger partial charge >= 0.3 is 0 Å². The van der Waals surface area contributed by atoms with E-state index in [0.29, 0.717) is 6.54 Å². The van der Waals surface area contributed by atoms with E-state index in [1.807, 2.05) is 7.05 Å². The van der Waals surface area contributed by atoms with Crippen molar-refractivity contribution < 1.29 is 9.18 Å². The molecule has 1 aromatic rings. The van der Waals surface area contributed by atoms with Crippen LogP contribution in [0.2, 0.25) is 0 Å². The number of benzene rings is 1. The van der Waals surface area contributed by atoms with Crippen LogP contribution < -0.4 is 0 Å². The fourth-order valence-corrected chi connectivity index (χ4v) is 3.17. The van der Waals surface area contributed by atoms with Gasteiger partial charge in [-0.2, -0.15) is 0 Å². The lowest BCUT2D eigenvalue weighted by Gasteiger charge is -2.22. The fourth-order valence-electron chi connectivity index (χ4n) is 3.17. The molecule has 2 nitrogen and oxygen atoms in total. The monoisotopic (exact) mass is 247 g/mol. The van der Waals surface area contributed by atoms with Crippen LogP contribution in [-0.2, 0) is 11.3 Å². The molecule has 0 bridgehead atoms. The molecule has 0 N–H and O–H groups in total. The Hall–Kier alpha value is -1.38. The summed E-state index contributed by atoms with van der Waals surface area (Å²) in [6.45, 7) is 0.574. The van der Waals surface area contributed by atoms with Gasteiger partial charge in [0.25, 0.3) is 0 Å². The molecule has 2 aliphatic carbocycles. The second-order valence-corrected chi connectivity index (χ2v) is 5.74. The van der Waals surface area contributed by atoms with Gasteiger partial charge in [-0.1, -0.05) is 12.1 Å². The molecule has 2 aliphatic rings. The Labute approximate surface area is 107 Å². The molecule has 2 atom stereocenters. The highest BCUT2D eigenvalue weighted by Crippen LogP contribution is 2.54. The first kappa shape index (κ1) is 11.7. The van der Waals surface area contributed by atoms with Gasteiger partial charge in [0.05, 0.1) is 0 Å². The van der Waals surface area contributed by atoms with E-state index in [1.54, 1.807) is 17.0 Å². The standard InChI is InChI=1S/C15H18FNO/c1-17(9-10-2-4-14(16)5-3-10)15(18)13-7-11-6-12(11)8-13/h2-5,11-13H,6-9H2,1H3. The van der Waals surface area contributed by atoms with Crippen LogP contribution in [0.3, 0.4) is 0 Å². The lowest BCUT2D eigenvalue weighted by Crippen LogP contribution is -2.31. The zero-order valence-electron chi connectivity index (χ0n) is 10.6. The molecule has 0 aromatic heterocycles. The van der Waals surface area contributed by atoms with Crippen LogP contribution in [0.1, 0.15) is 24.8 Å². The Kier molecular flexibility index (Phi) is 2.84. The summed E-state index contributed by atoms with van der Waals surface area (Å²) >= 11 is 0. The minimum atomic E-state index is -0.233. The average molecular weight is 247 g/mol. The molecule has 3 heteroatoms. The van der Waals surface area contributed by atoms with Crippen LogP contribution in [0.15, 0.2) is 24.3 Å². The molecule has 2 saturated carbocycles. The number of rotatable bonds is 3. The summed E-state index contributed by atoms with van der Waals surface area (Å²) in [7, 11) is 1.84. The Morgan fingerprint density at radius 2 is 1.83 bits per heavy atom. The molecular formula is C15H18FNO. The third-order valence-corrected chi connectivity index (χ3v) is 4.30. The Balaban J connectivity index is 1.58. The number of nitrogens with zero attached hydrogens (tertiary/aromatic N) is 1. The minimum absolute atomic E-state index is 0.233. The van der Waals surface area contributed by atoms with E-state index >= 15 is 0 Å². The van der Waals surface area contributed by atoms with Crippen LogP contribution >= 0.6 is 0 Å². The Bertz CT molecular complexity index is 446. The van der Waals surface area contributed by atoms with E-state index in [9.17, 15) is 9.18 Å². The minimum Gasteiger partial charge on any atom is -0.341 e. The maximum absolute atomic E-state index is 12.8. The molecule has 0 spiro atoms. The molecular weight excluding hydrogens is 229 g/mol. The first-order chi connectivity index (χ1) is 8.63. The van der Waals surface area contributed by atoms with Gasteiger partial charge in [0.2, 0.25) is 5.91 Å². The number of amides is 1. The molecule has 1 aromatic carbocycles. The molecule has 96 valence electrons. The summed E-state index contributed by atoms with van der Waals surface area (Å²) in [6.07, 6.45) is 3.50. The molecule has 0 saturated heterocycles. The third kappa shape index (κ3) is 2.26. The van der Waals surface area contributed by atoms with Gasteiger partial charge in [-0.15, -0.1) is 0 Å². The summed E-state index contributed by atoms with van der Waals surface area (Å²) in [5, 5.41) is 0. The average Bonchev–Trinajstić information content (AvgIpc) is 2.98. The van der Waals surface area contributed by atoms with E-state index in [2.05, 4.69) is 0 Å². The van der Waals surface area contributed by atoms with Crippen molar-refractivity contribution in [2.24, 2.45) is 17.8 Å². The van der Waals surface area contributed by atoms with Crippen molar-refractivity contribution in [1.29, 1.82) is 0 Å². The predicted molar refractivity (Wildman–Crippen MR) is 67.2 cm³/mol. The van der Waals surface area contributed by atoms with E-state index < -0.39 is 0 Å². The highest BCUT2D eigenvalue weighted by Gasteiger charge is 2.48. The lowest BCUT2D eigenvalue weighted by molar-refractivity contribution is -0.134. The summed E-state index contributed by atoms with van der Waals surface area (Å²) in [5.74, 6) is 1.92. The first-order valence-electron chi connectivity index (χ1n) is 6.63. The third-order valence-electron chi connectivity index (χ3n) is 4.30. The van der Waals surface area contributed by atoms with Crippen molar-refractivity contribution in [3.63, 3.8) is 0 Å². The van der Waals surface area contributed by atoms with Crippen LogP contribution in [0, 0.1) is 23.6 Å². The van der Waals surface area contributed by atoms with Crippen molar-refractivity contribution in [1.82, 2.24) is 4.90 Å². The van der Waals surface area contributed by atoms with Gasteiger partial charge in [-0.05, 0) is 48.8 Å². The quantitative estimate of drug-likeness (QED) is 0.804. The van der Waals surface area contributed by atoms with Crippen molar-refractivity contribution in [2.75, 3.05) is 7.05 Å². The summed E-state index contributed by atoms with van der Waals surface area (Å²) in [6, 6.07) is 6.37. The van der Waals surface area contributed by atoms with Gasteiger partial charge in [-0.25, -0.2) is 4.39 Å². The van der Waals surface area contributed by atoms with Crippen molar-refractivity contribution >= 4 is 5.91 Å². The van der Waals surface area contributed by atoms with E-state index in [4.69, 9.17) is 0 Å².